The average Bonchev–Trinajstić information content (AvgIpc) is 2.82. The summed E-state index contributed by atoms with van der Waals surface area (Å²) < 4.78 is 10.0. The minimum atomic E-state index is -0.261. The Bertz CT molecular complexity index is 461. The van der Waals surface area contributed by atoms with E-state index < -0.39 is 0 Å². The van der Waals surface area contributed by atoms with Crippen LogP contribution in [0.4, 0.5) is 0 Å². The van der Waals surface area contributed by atoms with Crippen molar-refractivity contribution in [1.82, 2.24) is 15.5 Å². The molecule has 0 aromatic carbocycles. The number of rotatable bonds is 6. The highest BCUT2D eigenvalue weighted by molar-refractivity contribution is 5.00. The molecule has 1 saturated carbocycles. The number of aliphatic hydroxyl groups is 1. The van der Waals surface area contributed by atoms with E-state index in [9.17, 15) is 5.11 Å². The number of aromatic nitrogens is 2. The Kier molecular flexibility index (Phi) is 5.01. The van der Waals surface area contributed by atoms with Gasteiger partial charge < -0.3 is 19.7 Å². The lowest BCUT2D eigenvalue weighted by atomic mass is 9.64. The van der Waals surface area contributed by atoms with Gasteiger partial charge in [0.2, 0.25) is 0 Å². The summed E-state index contributed by atoms with van der Waals surface area (Å²) in [7, 11) is 1.59. The van der Waals surface area contributed by atoms with Crippen molar-refractivity contribution in [3.63, 3.8) is 0 Å². The molecule has 0 saturated heterocycles. The molecule has 1 aromatic heterocycles. The van der Waals surface area contributed by atoms with E-state index in [1.54, 1.807) is 7.11 Å². The van der Waals surface area contributed by atoms with E-state index in [-0.39, 0.29) is 17.6 Å². The highest BCUT2D eigenvalue weighted by atomic mass is 16.5. The Morgan fingerprint density at radius 3 is 2.81 bits per heavy atom. The molecule has 0 amide bonds. The zero-order valence-corrected chi connectivity index (χ0v) is 13.5. The molecule has 1 fully saturated rings. The molecule has 1 aliphatic carbocycles. The second kappa shape index (κ2) is 6.42. The monoisotopic (exact) mass is 297 g/mol. The first-order valence-electron chi connectivity index (χ1n) is 7.54. The van der Waals surface area contributed by atoms with E-state index in [0.717, 1.165) is 12.8 Å². The highest BCUT2D eigenvalue weighted by Gasteiger charge is 2.42. The van der Waals surface area contributed by atoms with Crippen LogP contribution in [0.25, 0.3) is 0 Å². The summed E-state index contributed by atoms with van der Waals surface area (Å²) in [6.45, 7) is 7.72. The van der Waals surface area contributed by atoms with E-state index in [0.29, 0.717) is 30.8 Å². The Morgan fingerprint density at radius 1 is 1.43 bits per heavy atom. The van der Waals surface area contributed by atoms with Gasteiger partial charge in [-0.1, -0.05) is 25.9 Å². The molecular weight excluding hydrogens is 270 g/mol. The van der Waals surface area contributed by atoms with Crippen LogP contribution in [0.2, 0.25) is 0 Å². The Balaban J connectivity index is 2.00. The fraction of sp³-hybridized carbons (Fsp3) is 0.867. The molecule has 0 aliphatic heterocycles. The van der Waals surface area contributed by atoms with Gasteiger partial charge in [-0.2, -0.15) is 4.98 Å². The van der Waals surface area contributed by atoms with Crippen molar-refractivity contribution in [3.05, 3.63) is 11.7 Å². The molecule has 120 valence electrons. The summed E-state index contributed by atoms with van der Waals surface area (Å²) in [5.41, 5.74) is -0.0327. The number of hydrogen-bond acceptors (Lipinski definition) is 6. The Labute approximate surface area is 126 Å². The van der Waals surface area contributed by atoms with Crippen LogP contribution in [0.15, 0.2) is 4.52 Å². The zero-order chi connectivity index (χ0) is 15.5. The Hall–Kier alpha value is -0.980. The van der Waals surface area contributed by atoms with Gasteiger partial charge in [-0.15, -0.1) is 0 Å². The zero-order valence-electron chi connectivity index (χ0n) is 13.5. The minimum Gasteiger partial charge on any atom is -0.394 e. The van der Waals surface area contributed by atoms with Gasteiger partial charge in [-0.25, -0.2) is 0 Å². The van der Waals surface area contributed by atoms with Crippen LogP contribution in [0, 0.1) is 11.3 Å². The quantitative estimate of drug-likeness (QED) is 0.834. The molecule has 2 N–H and O–H groups in total. The van der Waals surface area contributed by atoms with Crippen molar-refractivity contribution in [2.45, 2.75) is 58.7 Å². The molecule has 2 unspecified atom stereocenters. The van der Waals surface area contributed by atoms with Crippen LogP contribution < -0.4 is 5.32 Å². The second-order valence-electron chi connectivity index (χ2n) is 7.18. The van der Waals surface area contributed by atoms with Crippen molar-refractivity contribution in [2.75, 3.05) is 13.7 Å². The highest BCUT2D eigenvalue weighted by Crippen LogP contribution is 2.43. The van der Waals surface area contributed by atoms with Gasteiger partial charge in [0.25, 0.3) is 5.89 Å². The van der Waals surface area contributed by atoms with E-state index in [2.05, 4.69) is 36.2 Å². The van der Waals surface area contributed by atoms with E-state index in [1.807, 2.05) is 0 Å². The van der Waals surface area contributed by atoms with Gasteiger partial charge in [-0.05, 0) is 30.6 Å². The molecule has 1 heterocycles. The number of nitrogens with zero attached hydrogens (tertiary/aromatic N) is 2. The maximum Gasteiger partial charge on any atom is 0.252 e. The lowest BCUT2D eigenvalue weighted by molar-refractivity contribution is 0.0347. The third kappa shape index (κ3) is 4.25. The fourth-order valence-electron chi connectivity index (χ4n) is 3.86. The van der Waals surface area contributed by atoms with Crippen molar-refractivity contribution in [1.29, 1.82) is 0 Å². The molecule has 21 heavy (non-hydrogen) atoms. The van der Waals surface area contributed by atoms with Crippen molar-refractivity contribution < 1.29 is 14.4 Å². The normalized spacial score (nSPS) is 28.7. The first kappa shape index (κ1) is 16.4. The van der Waals surface area contributed by atoms with Crippen LogP contribution in [0.1, 0.15) is 51.7 Å². The van der Waals surface area contributed by atoms with Gasteiger partial charge in [-0.3, -0.25) is 0 Å². The van der Waals surface area contributed by atoms with Crippen LogP contribution in [0.5, 0.6) is 0 Å². The third-order valence-corrected chi connectivity index (χ3v) is 4.16. The second-order valence-corrected chi connectivity index (χ2v) is 7.18. The van der Waals surface area contributed by atoms with E-state index >= 15 is 0 Å². The third-order valence-electron chi connectivity index (χ3n) is 4.16. The van der Waals surface area contributed by atoms with Gasteiger partial charge in [0.15, 0.2) is 5.82 Å². The summed E-state index contributed by atoms with van der Waals surface area (Å²) in [5, 5.41) is 17.3. The Morgan fingerprint density at radius 2 is 2.19 bits per heavy atom. The molecule has 2 atom stereocenters. The largest absolute Gasteiger partial charge is 0.394 e. The lowest BCUT2D eigenvalue weighted by Gasteiger charge is -2.47. The van der Waals surface area contributed by atoms with Crippen LogP contribution >= 0.6 is 0 Å². The number of nitrogens with one attached hydrogen (secondary N) is 1. The molecule has 2 rings (SSSR count). The molecular formula is C15H27N3O3. The molecule has 6 nitrogen and oxygen atoms in total. The van der Waals surface area contributed by atoms with Gasteiger partial charge >= 0.3 is 0 Å². The molecule has 6 heteroatoms. The maximum atomic E-state index is 9.91. The smallest absolute Gasteiger partial charge is 0.252 e. The van der Waals surface area contributed by atoms with E-state index in [4.69, 9.17) is 9.26 Å². The summed E-state index contributed by atoms with van der Waals surface area (Å²) in [4.78, 5) is 4.26. The molecule has 1 aliphatic rings. The van der Waals surface area contributed by atoms with Crippen molar-refractivity contribution in [2.24, 2.45) is 11.3 Å². The summed E-state index contributed by atoms with van der Waals surface area (Å²) in [6.07, 6.45) is 3.11. The standard InChI is InChI=1S/C15H27N3O3/c1-11-5-14(2,3)9-15(6-11,10-19)16-7-12-17-13(8-20-4)21-18-12/h11,16,19H,5-10H2,1-4H3. The first-order valence-corrected chi connectivity index (χ1v) is 7.54. The summed E-state index contributed by atoms with van der Waals surface area (Å²) in [6, 6.07) is 0. The lowest BCUT2D eigenvalue weighted by Crippen LogP contribution is -2.55. The summed E-state index contributed by atoms with van der Waals surface area (Å²) in [5.74, 6) is 1.67. The van der Waals surface area contributed by atoms with Gasteiger partial charge in [0, 0.05) is 12.6 Å². The summed E-state index contributed by atoms with van der Waals surface area (Å²) >= 11 is 0. The maximum absolute atomic E-state index is 9.91. The topological polar surface area (TPSA) is 80.4 Å². The van der Waals surface area contributed by atoms with Crippen LogP contribution in [0.3, 0.4) is 0 Å². The van der Waals surface area contributed by atoms with Gasteiger partial charge in [0.1, 0.15) is 6.61 Å². The van der Waals surface area contributed by atoms with Gasteiger partial charge in [0.05, 0.1) is 13.2 Å². The molecule has 0 spiro atoms. The van der Waals surface area contributed by atoms with Crippen molar-refractivity contribution in [3.8, 4) is 0 Å². The van der Waals surface area contributed by atoms with Crippen molar-refractivity contribution >= 4 is 0 Å². The van der Waals surface area contributed by atoms with E-state index in [1.165, 1.54) is 6.42 Å². The van der Waals surface area contributed by atoms with Crippen LogP contribution in [-0.2, 0) is 17.9 Å². The number of hydrogen-bond donors (Lipinski definition) is 2. The molecule has 1 aromatic rings. The number of methoxy groups -OCH3 is 1. The first-order chi connectivity index (χ1) is 9.88. The molecule has 0 bridgehead atoms. The minimum absolute atomic E-state index is 0.129. The predicted octanol–water partition coefficient (Wildman–Crippen LogP) is 1.88. The average molecular weight is 297 g/mol. The SMILES string of the molecule is COCc1nc(CNC2(CO)CC(C)CC(C)(C)C2)no1. The number of ether oxygens (including phenoxy) is 1. The molecule has 0 radical (unpaired) electrons. The van der Waals surface area contributed by atoms with Crippen LogP contribution in [-0.4, -0.2) is 34.5 Å². The number of aliphatic hydroxyl groups excluding tert-OH is 1. The fourth-order valence-corrected chi connectivity index (χ4v) is 3.86. The predicted molar refractivity (Wildman–Crippen MR) is 78.5 cm³/mol.